The molecular weight excluding hydrogens is 455 g/mol. The summed E-state index contributed by atoms with van der Waals surface area (Å²) >= 11 is 0. The van der Waals surface area contributed by atoms with Crippen molar-refractivity contribution in [3.63, 3.8) is 0 Å². The zero-order chi connectivity index (χ0) is 24.3. The van der Waals surface area contributed by atoms with Gasteiger partial charge in [0.1, 0.15) is 11.9 Å². The second kappa shape index (κ2) is 9.81. The highest BCUT2D eigenvalue weighted by atomic mass is 19.3. The molecule has 3 N–H and O–H groups in total. The second-order valence-corrected chi connectivity index (χ2v) is 7.99. The van der Waals surface area contributed by atoms with E-state index in [0.717, 1.165) is 17.7 Å². The van der Waals surface area contributed by atoms with Crippen LogP contribution in [0.3, 0.4) is 0 Å². The number of amides is 1. The molecule has 2 unspecified atom stereocenters. The number of aromatic nitrogens is 2. The number of rotatable bonds is 6. The van der Waals surface area contributed by atoms with Crippen LogP contribution in [-0.2, 0) is 16.0 Å². The highest BCUT2D eigenvalue weighted by molar-refractivity contribution is 5.77. The monoisotopic (exact) mass is 476 g/mol. The van der Waals surface area contributed by atoms with Crippen molar-refractivity contribution in [3.05, 3.63) is 46.9 Å². The molecule has 2 heterocycles. The Balaban J connectivity index is 0.000000968. The molecule has 13 heteroatoms. The SMILES string of the molecule is NC(CC(=O)N1CC(F)(F)CC1c1nc(C2CC2)no1)Cc1cc(F)c(F)cc1F.O=CO. The highest BCUT2D eigenvalue weighted by Gasteiger charge is 2.50. The second-order valence-electron chi connectivity index (χ2n) is 7.99. The van der Waals surface area contributed by atoms with Gasteiger partial charge in [0.25, 0.3) is 12.4 Å². The first kappa shape index (κ1) is 24.6. The Hall–Kier alpha value is -3.09. The zero-order valence-corrected chi connectivity index (χ0v) is 17.2. The number of likely N-dealkylation sites (tertiary alicyclic amines) is 1. The van der Waals surface area contributed by atoms with E-state index in [1.54, 1.807) is 0 Å². The molecular formula is C20H21F5N4O4. The van der Waals surface area contributed by atoms with E-state index < -0.39 is 60.8 Å². The van der Waals surface area contributed by atoms with Gasteiger partial charge in [-0.3, -0.25) is 9.59 Å². The van der Waals surface area contributed by atoms with Crippen LogP contribution < -0.4 is 5.73 Å². The lowest BCUT2D eigenvalue weighted by Crippen LogP contribution is -2.38. The summed E-state index contributed by atoms with van der Waals surface area (Å²) in [7, 11) is 0. The average Bonchev–Trinajstić information content (AvgIpc) is 3.36. The first-order valence-electron chi connectivity index (χ1n) is 10.0. The molecule has 1 saturated carbocycles. The number of carboxylic acid groups (broad SMARTS) is 1. The summed E-state index contributed by atoms with van der Waals surface area (Å²) in [5.74, 6) is -6.86. The van der Waals surface area contributed by atoms with Crippen LogP contribution in [0, 0.1) is 17.5 Å². The molecule has 180 valence electrons. The van der Waals surface area contributed by atoms with E-state index in [-0.39, 0.29) is 30.3 Å². The number of halogens is 5. The lowest BCUT2D eigenvalue weighted by atomic mass is 10.0. The molecule has 2 atom stereocenters. The van der Waals surface area contributed by atoms with Crippen molar-refractivity contribution < 1.29 is 41.2 Å². The normalized spacial score (nSPS) is 20.2. The minimum atomic E-state index is -3.13. The summed E-state index contributed by atoms with van der Waals surface area (Å²) in [6, 6.07) is -1.01. The Bertz CT molecular complexity index is 1010. The van der Waals surface area contributed by atoms with Gasteiger partial charge in [0.2, 0.25) is 11.8 Å². The van der Waals surface area contributed by atoms with Gasteiger partial charge in [0, 0.05) is 30.9 Å². The first-order chi connectivity index (χ1) is 15.5. The van der Waals surface area contributed by atoms with Crippen molar-refractivity contribution in [3.8, 4) is 0 Å². The van der Waals surface area contributed by atoms with Crippen LogP contribution in [0.15, 0.2) is 16.7 Å². The standard InChI is InChI=1S/C19H19F5N4O2.CH2O2/c20-12-6-14(22)13(21)4-10(12)3-11(25)5-16(29)28-8-19(23,24)7-15(28)18-26-17(27-30-18)9-1-2-9;2-1-3/h4,6,9,11,15H,1-3,5,7-8,25H2;1H,(H,2,3). The molecule has 2 aromatic rings. The van der Waals surface area contributed by atoms with Gasteiger partial charge in [-0.15, -0.1) is 0 Å². The molecule has 33 heavy (non-hydrogen) atoms. The fourth-order valence-electron chi connectivity index (χ4n) is 3.61. The van der Waals surface area contributed by atoms with Crippen LogP contribution in [-0.4, -0.2) is 51.0 Å². The van der Waals surface area contributed by atoms with E-state index in [9.17, 15) is 26.7 Å². The minimum Gasteiger partial charge on any atom is -0.483 e. The Morgan fingerprint density at radius 1 is 1.27 bits per heavy atom. The van der Waals surface area contributed by atoms with E-state index in [2.05, 4.69) is 10.1 Å². The van der Waals surface area contributed by atoms with Gasteiger partial charge in [-0.1, -0.05) is 5.16 Å². The first-order valence-corrected chi connectivity index (χ1v) is 10.0. The van der Waals surface area contributed by atoms with E-state index in [1.807, 2.05) is 0 Å². The van der Waals surface area contributed by atoms with Crippen LogP contribution in [0.1, 0.15) is 54.9 Å². The van der Waals surface area contributed by atoms with Gasteiger partial charge >= 0.3 is 0 Å². The van der Waals surface area contributed by atoms with E-state index in [1.165, 1.54) is 0 Å². The van der Waals surface area contributed by atoms with Crippen LogP contribution in [0.25, 0.3) is 0 Å². The largest absolute Gasteiger partial charge is 0.483 e. The highest BCUT2D eigenvalue weighted by Crippen LogP contribution is 2.43. The fourth-order valence-corrected chi connectivity index (χ4v) is 3.61. The average molecular weight is 476 g/mol. The Kier molecular flexibility index (Phi) is 7.30. The molecule has 0 spiro atoms. The molecule has 2 fully saturated rings. The van der Waals surface area contributed by atoms with E-state index in [4.69, 9.17) is 20.2 Å². The van der Waals surface area contributed by atoms with Crippen LogP contribution in [0.5, 0.6) is 0 Å². The number of alkyl halides is 2. The van der Waals surface area contributed by atoms with Gasteiger partial charge in [-0.2, -0.15) is 4.98 Å². The van der Waals surface area contributed by atoms with Crippen molar-refractivity contribution in [1.82, 2.24) is 15.0 Å². The lowest BCUT2D eigenvalue weighted by Gasteiger charge is -2.23. The summed E-state index contributed by atoms with van der Waals surface area (Å²) in [4.78, 5) is 26.1. The molecule has 0 bridgehead atoms. The molecule has 4 rings (SSSR count). The van der Waals surface area contributed by atoms with Gasteiger partial charge in [-0.05, 0) is 30.9 Å². The summed E-state index contributed by atoms with van der Waals surface area (Å²) < 4.78 is 73.4. The molecule has 1 aliphatic carbocycles. The smallest absolute Gasteiger partial charge is 0.290 e. The van der Waals surface area contributed by atoms with Crippen molar-refractivity contribution in [1.29, 1.82) is 0 Å². The summed E-state index contributed by atoms with van der Waals surface area (Å²) in [6.07, 6.45) is 0.485. The van der Waals surface area contributed by atoms with Crippen LogP contribution in [0.2, 0.25) is 0 Å². The number of hydrogen-bond donors (Lipinski definition) is 2. The fraction of sp³-hybridized carbons (Fsp3) is 0.500. The maximum Gasteiger partial charge on any atom is 0.290 e. The number of nitrogens with two attached hydrogens (primary N) is 1. The van der Waals surface area contributed by atoms with Crippen LogP contribution in [0.4, 0.5) is 22.0 Å². The quantitative estimate of drug-likeness (QED) is 0.373. The summed E-state index contributed by atoms with van der Waals surface area (Å²) in [5.41, 5.74) is 5.66. The van der Waals surface area contributed by atoms with Crippen molar-refractivity contribution >= 4 is 12.4 Å². The molecule has 1 aromatic heterocycles. The van der Waals surface area contributed by atoms with Gasteiger partial charge < -0.3 is 20.3 Å². The number of benzene rings is 1. The van der Waals surface area contributed by atoms with Crippen molar-refractivity contribution in [2.75, 3.05) is 6.54 Å². The molecule has 1 aliphatic heterocycles. The number of carbonyl (C=O) groups is 2. The molecule has 2 aliphatic rings. The third kappa shape index (κ3) is 6.03. The third-order valence-corrected chi connectivity index (χ3v) is 5.28. The number of hydrogen-bond acceptors (Lipinski definition) is 6. The predicted molar refractivity (Wildman–Crippen MR) is 102 cm³/mol. The van der Waals surface area contributed by atoms with Gasteiger partial charge in [0.05, 0.1) is 6.54 Å². The molecule has 1 amide bonds. The molecule has 0 radical (unpaired) electrons. The Morgan fingerprint density at radius 2 is 1.91 bits per heavy atom. The Labute approximate surface area is 184 Å². The molecule has 8 nitrogen and oxygen atoms in total. The van der Waals surface area contributed by atoms with Gasteiger partial charge in [-0.25, -0.2) is 22.0 Å². The zero-order valence-electron chi connectivity index (χ0n) is 17.2. The Morgan fingerprint density at radius 3 is 2.55 bits per heavy atom. The maximum atomic E-state index is 14.0. The topological polar surface area (TPSA) is 123 Å². The molecule has 1 aromatic carbocycles. The van der Waals surface area contributed by atoms with Gasteiger partial charge in [0.15, 0.2) is 17.5 Å². The summed E-state index contributed by atoms with van der Waals surface area (Å²) in [5, 5.41) is 10.7. The third-order valence-electron chi connectivity index (χ3n) is 5.28. The number of carbonyl (C=O) groups excluding carboxylic acids is 1. The number of nitrogens with zero attached hydrogens (tertiary/aromatic N) is 3. The van der Waals surface area contributed by atoms with Crippen molar-refractivity contribution in [2.24, 2.45) is 5.73 Å². The predicted octanol–water partition coefficient (Wildman–Crippen LogP) is 2.93. The van der Waals surface area contributed by atoms with Crippen LogP contribution >= 0.6 is 0 Å². The lowest BCUT2D eigenvalue weighted by molar-refractivity contribution is -0.134. The minimum absolute atomic E-state index is 0.0531. The maximum absolute atomic E-state index is 14.0. The van der Waals surface area contributed by atoms with E-state index >= 15 is 0 Å². The summed E-state index contributed by atoms with van der Waals surface area (Å²) in [6.45, 7) is -1.08. The van der Waals surface area contributed by atoms with Crippen molar-refractivity contribution in [2.45, 2.75) is 56.0 Å². The van der Waals surface area contributed by atoms with E-state index in [0.29, 0.717) is 18.0 Å². The molecule has 1 saturated heterocycles.